The number of nitrogens with two attached hydrogens (primary N) is 1. The molecule has 0 aliphatic heterocycles. The van der Waals surface area contributed by atoms with E-state index < -0.39 is 5.54 Å². The molecule has 5 aromatic rings. The normalized spacial score (nSPS) is 12.7. The molecule has 0 spiro atoms. The topological polar surface area (TPSA) is 73.3 Å². The zero-order chi connectivity index (χ0) is 28.8. The standard InChI is InChI=1S/C35H36ClN3O2/c1-3-4-20-39-32(24-35(37,23-25-12-7-5-8-13-25)30-19-18-28(40)22-31(30)36)33(26-14-9-6-10-15-26)38-34(39)27-16-11-17-29(21-27)41-2/h5-19,21-22,40H,3-4,20,23-24,37H2,1-2H3. The molecule has 6 heteroatoms. The van der Waals surface area contributed by atoms with Gasteiger partial charge in [-0.25, -0.2) is 4.98 Å². The number of hydrogen-bond donors (Lipinski definition) is 2. The molecule has 0 aliphatic carbocycles. The Morgan fingerprint density at radius 2 is 1.59 bits per heavy atom. The van der Waals surface area contributed by atoms with E-state index in [-0.39, 0.29) is 5.75 Å². The molecule has 0 radical (unpaired) electrons. The van der Waals surface area contributed by atoms with Crippen LogP contribution in [0.15, 0.2) is 103 Å². The number of phenolic OH excluding ortho intramolecular Hbond substituents is 1. The van der Waals surface area contributed by atoms with Crippen molar-refractivity contribution in [2.75, 3.05) is 7.11 Å². The molecule has 5 nitrogen and oxygen atoms in total. The zero-order valence-electron chi connectivity index (χ0n) is 23.6. The van der Waals surface area contributed by atoms with Gasteiger partial charge >= 0.3 is 0 Å². The highest BCUT2D eigenvalue weighted by atomic mass is 35.5. The summed E-state index contributed by atoms with van der Waals surface area (Å²) in [5.41, 5.74) is 12.4. The molecular weight excluding hydrogens is 530 g/mol. The van der Waals surface area contributed by atoms with Crippen molar-refractivity contribution in [2.45, 2.75) is 44.7 Å². The molecule has 5 rings (SSSR count). The number of phenols is 1. The van der Waals surface area contributed by atoms with E-state index in [9.17, 15) is 5.11 Å². The van der Waals surface area contributed by atoms with Gasteiger partial charge in [0.1, 0.15) is 17.3 Å². The second kappa shape index (κ2) is 12.6. The van der Waals surface area contributed by atoms with E-state index in [0.29, 0.717) is 17.9 Å². The third kappa shape index (κ3) is 6.32. The number of rotatable bonds is 11. The number of benzene rings is 4. The Morgan fingerprint density at radius 3 is 2.27 bits per heavy atom. The summed E-state index contributed by atoms with van der Waals surface area (Å²) in [7, 11) is 1.68. The van der Waals surface area contributed by atoms with Gasteiger partial charge in [-0.3, -0.25) is 0 Å². The highest BCUT2D eigenvalue weighted by Crippen LogP contribution is 2.39. The Hall–Kier alpha value is -4.06. The van der Waals surface area contributed by atoms with Gasteiger partial charge in [0.2, 0.25) is 0 Å². The van der Waals surface area contributed by atoms with Crippen LogP contribution in [0.1, 0.15) is 36.6 Å². The van der Waals surface area contributed by atoms with Gasteiger partial charge in [0.15, 0.2) is 0 Å². The van der Waals surface area contributed by atoms with E-state index >= 15 is 0 Å². The van der Waals surface area contributed by atoms with Crippen molar-refractivity contribution in [3.05, 3.63) is 125 Å². The fourth-order valence-electron chi connectivity index (χ4n) is 5.45. The van der Waals surface area contributed by atoms with Crippen LogP contribution in [0.25, 0.3) is 22.6 Å². The molecule has 3 N–H and O–H groups in total. The number of unbranched alkanes of at least 4 members (excludes halogenated alkanes) is 1. The van der Waals surface area contributed by atoms with Crippen molar-refractivity contribution in [2.24, 2.45) is 5.73 Å². The number of halogens is 1. The largest absolute Gasteiger partial charge is 0.508 e. The minimum Gasteiger partial charge on any atom is -0.508 e. The van der Waals surface area contributed by atoms with Crippen LogP contribution in [0.3, 0.4) is 0 Å². The van der Waals surface area contributed by atoms with Crippen molar-refractivity contribution in [1.82, 2.24) is 9.55 Å². The molecular formula is C35H36ClN3O2. The van der Waals surface area contributed by atoms with Gasteiger partial charge < -0.3 is 20.1 Å². The molecule has 0 amide bonds. The second-order valence-electron chi connectivity index (χ2n) is 10.5. The van der Waals surface area contributed by atoms with Gasteiger partial charge in [-0.05, 0) is 48.2 Å². The fourth-order valence-corrected chi connectivity index (χ4v) is 5.82. The summed E-state index contributed by atoms with van der Waals surface area (Å²) in [6, 6.07) is 33.6. The van der Waals surface area contributed by atoms with Crippen molar-refractivity contribution >= 4 is 11.6 Å². The van der Waals surface area contributed by atoms with E-state index in [1.807, 2.05) is 60.7 Å². The lowest BCUT2D eigenvalue weighted by molar-refractivity contribution is 0.414. The fraction of sp³-hybridized carbons (Fsp3) is 0.229. The summed E-state index contributed by atoms with van der Waals surface area (Å²) in [5.74, 6) is 1.77. The summed E-state index contributed by atoms with van der Waals surface area (Å²) in [6.07, 6.45) is 3.07. The second-order valence-corrected chi connectivity index (χ2v) is 10.9. The smallest absolute Gasteiger partial charge is 0.141 e. The van der Waals surface area contributed by atoms with E-state index in [4.69, 9.17) is 27.1 Å². The number of methoxy groups -OCH3 is 1. The molecule has 1 aromatic heterocycles. The summed E-state index contributed by atoms with van der Waals surface area (Å²) < 4.78 is 7.88. The van der Waals surface area contributed by atoms with Gasteiger partial charge in [0.05, 0.1) is 18.3 Å². The van der Waals surface area contributed by atoms with Crippen LogP contribution >= 0.6 is 11.6 Å². The number of aromatic nitrogens is 2. The lowest BCUT2D eigenvalue weighted by atomic mass is 9.80. The lowest BCUT2D eigenvalue weighted by Gasteiger charge is -2.32. The summed E-state index contributed by atoms with van der Waals surface area (Å²) >= 11 is 6.78. The maximum Gasteiger partial charge on any atom is 0.141 e. The highest BCUT2D eigenvalue weighted by molar-refractivity contribution is 6.31. The summed E-state index contributed by atoms with van der Waals surface area (Å²) in [6.45, 7) is 2.99. The predicted molar refractivity (Wildman–Crippen MR) is 167 cm³/mol. The molecule has 1 heterocycles. The van der Waals surface area contributed by atoms with E-state index in [0.717, 1.165) is 64.6 Å². The van der Waals surface area contributed by atoms with Gasteiger partial charge in [-0.15, -0.1) is 0 Å². The average molecular weight is 566 g/mol. The number of aromatic hydroxyl groups is 1. The zero-order valence-corrected chi connectivity index (χ0v) is 24.3. The number of hydrogen-bond acceptors (Lipinski definition) is 4. The minimum atomic E-state index is -0.884. The first-order chi connectivity index (χ1) is 19.9. The molecule has 0 aliphatic rings. The van der Waals surface area contributed by atoms with Crippen molar-refractivity contribution in [3.63, 3.8) is 0 Å². The number of ether oxygens (including phenoxy) is 1. The first kappa shape index (κ1) is 28.5. The average Bonchev–Trinajstić information content (AvgIpc) is 3.34. The maximum atomic E-state index is 10.1. The Labute approximate surface area is 247 Å². The highest BCUT2D eigenvalue weighted by Gasteiger charge is 2.34. The maximum absolute atomic E-state index is 10.1. The van der Waals surface area contributed by atoms with Crippen LogP contribution in [-0.4, -0.2) is 21.8 Å². The Kier molecular flexibility index (Phi) is 8.77. The molecule has 4 aromatic carbocycles. The number of nitrogens with zero attached hydrogens (tertiary/aromatic N) is 2. The van der Waals surface area contributed by atoms with Crippen LogP contribution in [0.4, 0.5) is 0 Å². The lowest BCUT2D eigenvalue weighted by Crippen LogP contribution is -2.42. The van der Waals surface area contributed by atoms with E-state index in [1.54, 1.807) is 19.2 Å². The number of imidazole rings is 1. The minimum absolute atomic E-state index is 0.110. The Bertz CT molecular complexity index is 1600. The third-order valence-corrected chi connectivity index (χ3v) is 7.83. The molecule has 0 fully saturated rings. The van der Waals surface area contributed by atoms with Crippen LogP contribution in [0.2, 0.25) is 5.02 Å². The SMILES string of the molecule is CCCCn1c(-c2cccc(OC)c2)nc(-c2ccccc2)c1CC(N)(Cc1ccccc1)c1ccc(O)cc1Cl. The molecule has 0 saturated carbocycles. The molecule has 210 valence electrons. The van der Waals surface area contributed by atoms with Crippen molar-refractivity contribution in [1.29, 1.82) is 0 Å². The predicted octanol–water partition coefficient (Wildman–Crippen LogP) is 8.02. The van der Waals surface area contributed by atoms with Crippen LogP contribution in [0.5, 0.6) is 11.5 Å². The van der Waals surface area contributed by atoms with Crippen LogP contribution < -0.4 is 10.5 Å². The van der Waals surface area contributed by atoms with Crippen LogP contribution in [0, 0.1) is 0 Å². The molecule has 1 unspecified atom stereocenters. The van der Waals surface area contributed by atoms with Gasteiger partial charge in [-0.1, -0.05) is 104 Å². The van der Waals surface area contributed by atoms with Crippen molar-refractivity contribution < 1.29 is 9.84 Å². The quantitative estimate of drug-likeness (QED) is 0.170. The van der Waals surface area contributed by atoms with Gasteiger partial charge in [0.25, 0.3) is 0 Å². The molecule has 41 heavy (non-hydrogen) atoms. The first-order valence-electron chi connectivity index (χ1n) is 14.0. The van der Waals surface area contributed by atoms with Gasteiger partial charge in [-0.2, -0.15) is 0 Å². The first-order valence-corrected chi connectivity index (χ1v) is 14.4. The summed E-state index contributed by atoms with van der Waals surface area (Å²) in [5, 5.41) is 10.6. The van der Waals surface area contributed by atoms with Gasteiger partial charge in [0, 0.05) is 34.8 Å². The Morgan fingerprint density at radius 1 is 0.878 bits per heavy atom. The molecule has 0 saturated heterocycles. The Balaban J connectivity index is 1.74. The molecule has 0 bridgehead atoms. The van der Waals surface area contributed by atoms with Crippen molar-refractivity contribution in [3.8, 4) is 34.1 Å². The summed E-state index contributed by atoms with van der Waals surface area (Å²) in [4.78, 5) is 5.28. The monoisotopic (exact) mass is 565 g/mol. The van der Waals surface area contributed by atoms with E-state index in [1.165, 1.54) is 0 Å². The van der Waals surface area contributed by atoms with Crippen LogP contribution in [-0.2, 0) is 24.9 Å². The van der Waals surface area contributed by atoms with E-state index in [2.05, 4.69) is 41.8 Å². The third-order valence-electron chi connectivity index (χ3n) is 7.52. The molecule has 1 atom stereocenters.